The Morgan fingerprint density at radius 2 is 2.40 bits per heavy atom. The summed E-state index contributed by atoms with van der Waals surface area (Å²) in [7, 11) is 0. The summed E-state index contributed by atoms with van der Waals surface area (Å²) < 4.78 is 13.5. The first-order chi connectivity index (χ1) is 4.67. The maximum atomic E-state index is 13.5. The molecule has 0 saturated carbocycles. The first-order valence-electron chi connectivity index (χ1n) is 4.06. The molecular formula is C8H16FN. The summed E-state index contributed by atoms with van der Waals surface area (Å²) in [5, 5.41) is 3.06. The quantitative estimate of drug-likeness (QED) is 0.592. The summed E-state index contributed by atoms with van der Waals surface area (Å²) in [6.45, 7) is 5.28. The Kier molecular flexibility index (Phi) is 2.29. The number of alkyl halides is 1. The molecule has 1 aliphatic rings. The largest absolute Gasteiger partial charge is 0.314 e. The van der Waals surface area contributed by atoms with Gasteiger partial charge in [0.2, 0.25) is 0 Å². The van der Waals surface area contributed by atoms with E-state index >= 15 is 0 Å². The van der Waals surface area contributed by atoms with E-state index in [1.165, 1.54) is 0 Å². The minimum atomic E-state index is -0.965. The second-order valence-corrected chi connectivity index (χ2v) is 3.35. The van der Waals surface area contributed by atoms with Crippen LogP contribution in [0.25, 0.3) is 0 Å². The van der Waals surface area contributed by atoms with Crippen LogP contribution in [0.2, 0.25) is 0 Å². The second kappa shape index (κ2) is 2.87. The fourth-order valence-electron chi connectivity index (χ4n) is 1.68. The van der Waals surface area contributed by atoms with Crippen molar-refractivity contribution >= 4 is 0 Å². The standard InChI is InChI=1S/C8H16FN/c1-3-7-4-5-10-6-8(7,2)9/h7,10H,3-6H2,1-2H3. The summed E-state index contributed by atoms with van der Waals surface area (Å²) in [5.74, 6) is 0.272. The van der Waals surface area contributed by atoms with Gasteiger partial charge < -0.3 is 5.32 Å². The number of nitrogens with one attached hydrogen (secondary N) is 1. The Bertz CT molecular complexity index is 112. The lowest BCUT2D eigenvalue weighted by atomic mass is 9.83. The van der Waals surface area contributed by atoms with E-state index in [-0.39, 0.29) is 5.92 Å². The molecule has 0 bridgehead atoms. The molecule has 1 aliphatic heterocycles. The Hall–Kier alpha value is -0.110. The summed E-state index contributed by atoms with van der Waals surface area (Å²) in [4.78, 5) is 0. The van der Waals surface area contributed by atoms with Gasteiger partial charge in [-0.3, -0.25) is 0 Å². The number of hydrogen-bond donors (Lipinski definition) is 1. The Balaban J connectivity index is 2.51. The summed E-state index contributed by atoms with van der Waals surface area (Å²) >= 11 is 0. The molecule has 2 heteroatoms. The normalized spacial score (nSPS) is 41.7. The van der Waals surface area contributed by atoms with Gasteiger partial charge >= 0.3 is 0 Å². The third-order valence-electron chi connectivity index (χ3n) is 2.48. The predicted molar refractivity (Wildman–Crippen MR) is 40.8 cm³/mol. The number of rotatable bonds is 1. The Labute approximate surface area is 62.0 Å². The highest BCUT2D eigenvalue weighted by Crippen LogP contribution is 2.29. The van der Waals surface area contributed by atoms with Gasteiger partial charge in [-0.15, -0.1) is 0 Å². The minimum absolute atomic E-state index is 0.272. The van der Waals surface area contributed by atoms with E-state index in [1.807, 2.05) is 0 Å². The average molecular weight is 145 g/mol. The molecule has 0 aromatic rings. The van der Waals surface area contributed by atoms with Gasteiger partial charge in [0.25, 0.3) is 0 Å². The van der Waals surface area contributed by atoms with Crippen LogP contribution >= 0.6 is 0 Å². The highest BCUT2D eigenvalue weighted by molar-refractivity contribution is 4.88. The van der Waals surface area contributed by atoms with Gasteiger partial charge in [0.05, 0.1) is 0 Å². The van der Waals surface area contributed by atoms with Gasteiger partial charge in [0, 0.05) is 6.54 Å². The number of piperidine rings is 1. The van der Waals surface area contributed by atoms with E-state index in [9.17, 15) is 4.39 Å². The predicted octanol–water partition coefficient (Wildman–Crippen LogP) is 1.73. The third kappa shape index (κ3) is 1.48. The molecule has 0 aromatic carbocycles. The van der Waals surface area contributed by atoms with Crippen molar-refractivity contribution in [3.63, 3.8) is 0 Å². The third-order valence-corrected chi connectivity index (χ3v) is 2.48. The zero-order valence-corrected chi connectivity index (χ0v) is 6.78. The van der Waals surface area contributed by atoms with Crippen molar-refractivity contribution in [3.05, 3.63) is 0 Å². The fourth-order valence-corrected chi connectivity index (χ4v) is 1.68. The smallest absolute Gasteiger partial charge is 0.123 e. The lowest BCUT2D eigenvalue weighted by Gasteiger charge is -2.34. The van der Waals surface area contributed by atoms with Crippen molar-refractivity contribution in [1.29, 1.82) is 0 Å². The fraction of sp³-hybridized carbons (Fsp3) is 1.00. The van der Waals surface area contributed by atoms with Crippen LogP contribution in [0.15, 0.2) is 0 Å². The van der Waals surface area contributed by atoms with Crippen LogP contribution in [-0.4, -0.2) is 18.8 Å². The topological polar surface area (TPSA) is 12.0 Å². The van der Waals surface area contributed by atoms with Crippen molar-refractivity contribution < 1.29 is 4.39 Å². The van der Waals surface area contributed by atoms with Crippen molar-refractivity contribution in [3.8, 4) is 0 Å². The van der Waals surface area contributed by atoms with Crippen molar-refractivity contribution in [2.24, 2.45) is 5.92 Å². The molecule has 1 nitrogen and oxygen atoms in total. The van der Waals surface area contributed by atoms with Gasteiger partial charge in [-0.05, 0) is 25.8 Å². The summed E-state index contributed by atoms with van der Waals surface area (Å²) in [6.07, 6.45) is 1.96. The van der Waals surface area contributed by atoms with E-state index in [0.717, 1.165) is 19.4 Å². The van der Waals surface area contributed by atoms with Crippen molar-refractivity contribution in [2.75, 3.05) is 13.1 Å². The van der Waals surface area contributed by atoms with E-state index in [1.54, 1.807) is 6.92 Å². The zero-order valence-electron chi connectivity index (χ0n) is 6.78. The zero-order chi connectivity index (χ0) is 7.61. The maximum Gasteiger partial charge on any atom is 0.123 e. The van der Waals surface area contributed by atoms with E-state index in [4.69, 9.17) is 0 Å². The van der Waals surface area contributed by atoms with Gasteiger partial charge in [-0.1, -0.05) is 13.3 Å². The molecule has 60 valence electrons. The van der Waals surface area contributed by atoms with Crippen LogP contribution in [0.5, 0.6) is 0 Å². The van der Waals surface area contributed by atoms with E-state index in [0.29, 0.717) is 6.54 Å². The van der Waals surface area contributed by atoms with Crippen LogP contribution in [0.3, 0.4) is 0 Å². The van der Waals surface area contributed by atoms with Crippen LogP contribution in [0.4, 0.5) is 4.39 Å². The molecule has 1 heterocycles. The maximum absolute atomic E-state index is 13.5. The Morgan fingerprint density at radius 1 is 1.70 bits per heavy atom. The molecule has 10 heavy (non-hydrogen) atoms. The molecule has 0 radical (unpaired) electrons. The molecule has 1 rings (SSSR count). The first kappa shape index (κ1) is 7.99. The molecule has 0 spiro atoms. The molecular weight excluding hydrogens is 129 g/mol. The van der Waals surface area contributed by atoms with Gasteiger partial charge in [-0.2, -0.15) is 0 Å². The Morgan fingerprint density at radius 3 is 2.80 bits per heavy atom. The SMILES string of the molecule is CCC1CCNCC1(C)F. The lowest BCUT2D eigenvalue weighted by molar-refractivity contribution is 0.0688. The van der Waals surface area contributed by atoms with Gasteiger partial charge in [-0.25, -0.2) is 4.39 Å². The molecule has 1 N–H and O–H groups in total. The van der Waals surface area contributed by atoms with E-state index < -0.39 is 5.67 Å². The monoisotopic (exact) mass is 145 g/mol. The second-order valence-electron chi connectivity index (χ2n) is 3.35. The molecule has 1 fully saturated rings. The molecule has 0 amide bonds. The summed E-state index contributed by atoms with van der Waals surface area (Å²) in [6, 6.07) is 0. The minimum Gasteiger partial charge on any atom is -0.314 e. The van der Waals surface area contributed by atoms with Crippen LogP contribution < -0.4 is 5.32 Å². The molecule has 1 saturated heterocycles. The molecule has 2 unspecified atom stereocenters. The average Bonchev–Trinajstić information content (AvgIpc) is 1.87. The van der Waals surface area contributed by atoms with Gasteiger partial charge in [0.15, 0.2) is 0 Å². The number of halogens is 1. The van der Waals surface area contributed by atoms with Crippen molar-refractivity contribution in [1.82, 2.24) is 5.32 Å². The summed E-state index contributed by atoms with van der Waals surface area (Å²) in [5.41, 5.74) is -0.965. The molecule has 0 aromatic heterocycles. The highest BCUT2D eigenvalue weighted by Gasteiger charge is 2.34. The van der Waals surface area contributed by atoms with E-state index in [2.05, 4.69) is 12.2 Å². The lowest BCUT2D eigenvalue weighted by Crippen LogP contribution is -2.46. The van der Waals surface area contributed by atoms with Crippen LogP contribution in [0.1, 0.15) is 26.7 Å². The highest BCUT2D eigenvalue weighted by atomic mass is 19.1. The first-order valence-corrected chi connectivity index (χ1v) is 4.06. The van der Waals surface area contributed by atoms with Crippen LogP contribution in [0, 0.1) is 5.92 Å². The number of hydrogen-bond acceptors (Lipinski definition) is 1. The molecule has 0 aliphatic carbocycles. The van der Waals surface area contributed by atoms with Crippen LogP contribution in [-0.2, 0) is 0 Å². The van der Waals surface area contributed by atoms with Gasteiger partial charge in [0.1, 0.15) is 5.67 Å². The van der Waals surface area contributed by atoms with Crippen molar-refractivity contribution in [2.45, 2.75) is 32.4 Å². The molecule has 2 atom stereocenters.